The first-order valence-electron chi connectivity index (χ1n) is 9.78. The van der Waals surface area contributed by atoms with Crippen LogP contribution >= 0.6 is 21.6 Å². The van der Waals surface area contributed by atoms with E-state index >= 15 is 0 Å². The van der Waals surface area contributed by atoms with E-state index < -0.39 is 0 Å². The molecule has 0 aliphatic rings. The molecule has 0 aliphatic carbocycles. The van der Waals surface area contributed by atoms with Gasteiger partial charge in [-0.05, 0) is 33.3 Å². The van der Waals surface area contributed by atoms with Gasteiger partial charge in [0.05, 0.1) is 39.6 Å². The van der Waals surface area contributed by atoms with Crippen molar-refractivity contribution in [1.29, 1.82) is 0 Å². The highest BCUT2D eigenvalue weighted by atomic mass is 33.1. The topological polar surface area (TPSA) is 52.2 Å². The molecule has 0 spiro atoms. The van der Waals surface area contributed by atoms with Crippen LogP contribution in [0.25, 0.3) is 0 Å². The lowest BCUT2D eigenvalue weighted by Crippen LogP contribution is -2.37. The van der Waals surface area contributed by atoms with E-state index in [-0.39, 0.29) is 4.75 Å². The van der Waals surface area contributed by atoms with E-state index in [2.05, 4.69) is 36.9 Å². The molecular weight excluding hydrogens is 396 g/mol. The van der Waals surface area contributed by atoms with Gasteiger partial charge in [-0.2, -0.15) is 0 Å². The van der Waals surface area contributed by atoms with E-state index in [0.29, 0.717) is 33.0 Å². The second-order valence-corrected chi connectivity index (χ2v) is 9.75. The Morgan fingerprint density at radius 1 is 1.11 bits per heavy atom. The van der Waals surface area contributed by atoms with Crippen molar-refractivity contribution in [2.24, 2.45) is 0 Å². The number of hydroxylamine groups is 1. The molecule has 0 aromatic rings. The first-order valence-corrected chi connectivity index (χ1v) is 12.1. The third-order valence-corrected chi connectivity index (χ3v) is 7.01. The zero-order valence-corrected chi connectivity index (χ0v) is 20.0. The second kappa shape index (κ2) is 18.8. The molecule has 0 amide bonds. The van der Waals surface area contributed by atoms with Gasteiger partial charge >= 0.3 is 0 Å². The second-order valence-electron chi connectivity index (χ2n) is 6.63. The zero-order chi connectivity index (χ0) is 21.1. The molecule has 0 aromatic heterocycles. The fourth-order valence-corrected chi connectivity index (χ4v) is 4.91. The number of allylic oxidation sites excluding steroid dienone is 2. The van der Waals surface area contributed by atoms with Crippen molar-refractivity contribution in [3.8, 4) is 0 Å². The quantitative estimate of drug-likeness (QED) is 0.134. The Kier molecular flexibility index (Phi) is 18.6. The molecule has 28 heavy (non-hydrogen) atoms. The van der Waals surface area contributed by atoms with Crippen LogP contribution in [0.3, 0.4) is 0 Å². The van der Waals surface area contributed by atoms with Gasteiger partial charge in [0.25, 0.3) is 0 Å². The number of rotatable bonds is 20. The summed E-state index contributed by atoms with van der Waals surface area (Å²) in [5, 5.41) is 0. The summed E-state index contributed by atoms with van der Waals surface area (Å²) in [4.78, 5) is 7.50. The van der Waals surface area contributed by atoms with Crippen LogP contribution in [0.15, 0.2) is 24.4 Å². The van der Waals surface area contributed by atoms with Crippen molar-refractivity contribution in [1.82, 2.24) is 10.4 Å². The molecule has 0 radical (unpaired) electrons. The number of nitrogens with zero attached hydrogens (tertiary/aromatic N) is 1. The average Bonchev–Trinajstić information content (AvgIpc) is 2.67. The van der Waals surface area contributed by atoms with Gasteiger partial charge < -0.3 is 23.9 Å². The van der Waals surface area contributed by atoms with Gasteiger partial charge in [0.1, 0.15) is 0 Å². The predicted octanol–water partition coefficient (Wildman–Crippen LogP) is 3.76. The van der Waals surface area contributed by atoms with Gasteiger partial charge in [-0.25, -0.2) is 5.48 Å². The Bertz CT molecular complexity index is 410. The highest BCUT2D eigenvalue weighted by Crippen LogP contribution is 2.37. The lowest BCUT2D eigenvalue weighted by atomic mass is 10.1. The summed E-state index contributed by atoms with van der Waals surface area (Å²) in [6, 6.07) is 0. The standard InChI is InChI=1S/C20H40N2O4S2/c1-7-19(8-2)22(10-12-24-15-16-25-14-13-23-6)18-20(3,4)28-27-17-9-11-26-21-5/h7-8,21H,1,9-18H2,2-6H3/b19-8+. The van der Waals surface area contributed by atoms with Crippen molar-refractivity contribution >= 4 is 21.6 Å². The summed E-state index contributed by atoms with van der Waals surface area (Å²) in [7, 11) is 7.28. The van der Waals surface area contributed by atoms with Gasteiger partial charge in [0.2, 0.25) is 0 Å². The zero-order valence-electron chi connectivity index (χ0n) is 18.3. The Balaban J connectivity index is 4.27. The molecule has 0 aliphatic heterocycles. The summed E-state index contributed by atoms with van der Waals surface area (Å²) in [6.45, 7) is 16.1. The molecular formula is C20H40N2O4S2. The largest absolute Gasteiger partial charge is 0.382 e. The highest BCUT2D eigenvalue weighted by Gasteiger charge is 2.23. The minimum absolute atomic E-state index is 0.106. The maximum absolute atomic E-state index is 5.73. The Morgan fingerprint density at radius 3 is 2.39 bits per heavy atom. The minimum atomic E-state index is 0.106. The Morgan fingerprint density at radius 2 is 1.79 bits per heavy atom. The van der Waals surface area contributed by atoms with Gasteiger partial charge in [0.15, 0.2) is 0 Å². The Hall–Kier alpha value is -0.220. The lowest BCUT2D eigenvalue weighted by Gasteiger charge is -2.34. The minimum Gasteiger partial charge on any atom is -0.382 e. The average molecular weight is 437 g/mol. The first kappa shape index (κ1) is 27.8. The van der Waals surface area contributed by atoms with E-state index in [1.165, 1.54) is 0 Å². The molecule has 0 unspecified atom stereocenters. The molecule has 8 heteroatoms. The van der Waals surface area contributed by atoms with Gasteiger partial charge in [-0.3, -0.25) is 0 Å². The molecule has 0 atom stereocenters. The molecule has 0 rings (SSSR count). The third kappa shape index (κ3) is 15.7. The van der Waals surface area contributed by atoms with E-state index in [4.69, 9.17) is 19.0 Å². The van der Waals surface area contributed by atoms with Crippen molar-refractivity contribution in [3.05, 3.63) is 24.4 Å². The normalized spacial score (nSPS) is 12.4. The number of hydrogen-bond donors (Lipinski definition) is 1. The molecule has 0 heterocycles. The molecule has 6 nitrogen and oxygen atoms in total. The van der Waals surface area contributed by atoms with Crippen molar-refractivity contribution in [2.75, 3.05) is 72.6 Å². The van der Waals surface area contributed by atoms with E-state index in [9.17, 15) is 0 Å². The summed E-state index contributed by atoms with van der Waals surface area (Å²) in [5.41, 5.74) is 3.84. The molecule has 166 valence electrons. The number of nitrogens with one attached hydrogen (secondary N) is 1. The van der Waals surface area contributed by atoms with E-state index in [1.54, 1.807) is 14.2 Å². The number of hydrogen-bond acceptors (Lipinski definition) is 8. The SMILES string of the molecule is C=C/C(=C\C)N(CCOCCOCCOC)CC(C)(C)SSCCCONC. The van der Waals surface area contributed by atoms with Crippen LogP contribution in [0.1, 0.15) is 27.2 Å². The third-order valence-electron chi connectivity index (χ3n) is 3.65. The first-order chi connectivity index (χ1) is 13.5. The molecule has 0 saturated carbocycles. The fourth-order valence-electron chi connectivity index (χ4n) is 2.35. The Labute approximate surface area is 180 Å². The lowest BCUT2D eigenvalue weighted by molar-refractivity contribution is 0.0211. The number of methoxy groups -OCH3 is 1. The van der Waals surface area contributed by atoms with Gasteiger partial charge in [-0.1, -0.05) is 34.2 Å². The summed E-state index contributed by atoms with van der Waals surface area (Å²) in [5.74, 6) is 1.07. The van der Waals surface area contributed by atoms with Gasteiger partial charge in [0, 0.05) is 43.4 Å². The van der Waals surface area contributed by atoms with Crippen LogP contribution in [0.4, 0.5) is 0 Å². The van der Waals surface area contributed by atoms with Crippen molar-refractivity contribution in [2.45, 2.75) is 31.9 Å². The smallest absolute Gasteiger partial charge is 0.0701 e. The molecule has 0 saturated heterocycles. The van der Waals surface area contributed by atoms with Gasteiger partial charge in [-0.15, -0.1) is 0 Å². The van der Waals surface area contributed by atoms with Crippen molar-refractivity contribution in [3.63, 3.8) is 0 Å². The van der Waals surface area contributed by atoms with Crippen LogP contribution in [0.2, 0.25) is 0 Å². The molecule has 0 aromatic carbocycles. The van der Waals surface area contributed by atoms with Crippen LogP contribution < -0.4 is 5.48 Å². The van der Waals surface area contributed by atoms with Crippen LogP contribution in [-0.2, 0) is 19.0 Å². The molecule has 0 bridgehead atoms. The predicted molar refractivity (Wildman–Crippen MR) is 123 cm³/mol. The summed E-state index contributed by atoms with van der Waals surface area (Å²) < 4.78 is 16.2. The maximum Gasteiger partial charge on any atom is 0.0701 e. The van der Waals surface area contributed by atoms with E-state index in [1.807, 2.05) is 34.6 Å². The maximum atomic E-state index is 5.73. The van der Waals surface area contributed by atoms with Crippen LogP contribution in [0, 0.1) is 0 Å². The van der Waals surface area contributed by atoms with E-state index in [0.717, 1.165) is 37.6 Å². The highest BCUT2D eigenvalue weighted by molar-refractivity contribution is 8.77. The molecule has 0 fully saturated rings. The van der Waals surface area contributed by atoms with Crippen LogP contribution in [-0.4, -0.2) is 82.3 Å². The summed E-state index contributed by atoms with van der Waals surface area (Å²) in [6.07, 6.45) is 5.05. The van der Waals surface area contributed by atoms with Crippen molar-refractivity contribution < 1.29 is 19.0 Å². The van der Waals surface area contributed by atoms with Crippen LogP contribution in [0.5, 0.6) is 0 Å². The monoisotopic (exact) mass is 436 g/mol. The molecule has 1 N–H and O–H groups in total. The number of ether oxygens (including phenoxy) is 3. The summed E-state index contributed by atoms with van der Waals surface area (Å²) >= 11 is 0. The fraction of sp³-hybridized carbons (Fsp3) is 0.800.